The molecule has 3 heterocycles. The Kier molecular flexibility index (Phi) is 5.69. The summed E-state index contributed by atoms with van der Waals surface area (Å²) in [5.74, 6) is 0.546. The van der Waals surface area contributed by atoms with Gasteiger partial charge in [0.2, 0.25) is 0 Å². The van der Waals surface area contributed by atoms with Crippen molar-refractivity contribution in [3.63, 3.8) is 0 Å². The van der Waals surface area contributed by atoms with Crippen molar-refractivity contribution in [2.75, 3.05) is 46.9 Å². The van der Waals surface area contributed by atoms with Crippen LogP contribution in [0.3, 0.4) is 0 Å². The highest BCUT2D eigenvalue weighted by atomic mass is 32.1. The number of hydrogen-bond donors (Lipinski definition) is 1. The molecule has 0 aliphatic carbocycles. The van der Waals surface area contributed by atoms with Crippen LogP contribution in [0.5, 0.6) is 0 Å². The van der Waals surface area contributed by atoms with Crippen LogP contribution in [-0.2, 0) is 4.74 Å². The van der Waals surface area contributed by atoms with E-state index in [9.17, 15) is 4.79 Å². The molecule has 2 saturated heterocycles. The number of nitrogens with one attached hydrogen (secondary N) is 1. The molecule has 6 heteroatoms. The monoisotopic (exact) mass is 337 g/mol. The molecular formula is C17H27N3O2S. The van der Waals surface area contributed by atoms with Gasteiger partial charge in [-0.15, -0.1) is 0 Å². The number of likely N-dealkylation sites (tertiary alicyclic amines) is 1. The lowest BCUT2D eigenvalue weighted by molar-refractivity contribution is 0.0403. The number of carbonyl (C=O) groups is 1. The molecule has 2 fully saturated rings. The second kappa shape index (κ2) is 7.75. The summed E-state index contributed by atoms with van der Waals surface area (Å²) in [6.45, 7) is 4.77. The van der Waals surface area contributed by atoms with Gasteiger partial charge in [-0.25, -0.2) is 0 Å². The van der Waals surface area contributed by atoms with Gasteiger partial charge in [-0.1, -0.05) is 0 Å². The molecule has 0 bridgehead atoms. The quantitative estimate of drug-likeness (QED) is 0.885. The van der Waals surface area contributed by atoms with Crippen molar-refractivity contribution in [3.05, 3.63) is 22.4 Å². The first-order valence-corrected chi connectivity index (χ1v) is 9.37. The highest BCUT2D eigenvalue weighted by molar-refractivity contribution is 7.08. The van der Waals surface area contributed by atoms with Gasteiger partial charge in [0.25, 0.3) is 5.91 Å². The van der Waals surface area contributed by atoms with Crippen LogP contribution in [-0.4, -0.2) is 74.7 Å². The number of thiophene rings is 1. The molecule has 0 saturated carbocycles. The maximum atomic E-state index is 12.4. The van der Waals surface area contributed by atoms with Crippen LogP contribution < -0.4 is 5.32 Å². The summed E-state index contributed by atoms with van der Waals surface area (Å²) in [7, 11) is 4.21. The minimum Gasteiger partial charge on any atom is -0.381 e. The fourth-order valence-electron chi connectivity index (χ4n) is 3.72. The van der Waals surface area contributed by atoms with Crippen LogP contribution >= 0.6 is 11.3 Å². The van der Waals surface area contributed by atoms with Gasteiger partial charge in [0, 0.05) is 61.8 Å². The van der Waals surface area contributed by atoms with Gasteiger partial charge in [-0.05, 0) is 38.4 Å². The van der Waals surface area contributed by atoms with Crippen LogP contribution in [0, 0.1) is 5.92 Å². The van der Waals surface area contributed by atoms with Crippen molar-refractivity contribution in [1.29, 1.82) is 0 Å². The standard InChI is InChI=1S/C17H27N3O2S/c1-19(2)9-14-10-20(15-3-6-22-7-4-15)11-16(14)18-17(21)13-5-8-23-12-13/h5,8,12,14-16H,3-4,6-7,9-11H2,1-2H3,(H,18,21)/t14-,16-/m1/s1. The van der Waals surface area contributed by atoms with E-state index in [0.29, 0.717) is 12.0 Å². The summed E-state index contributed by atoms with van der Waals surface area (Å²) < 4.78 is 5.49. The molecule has 2 aliphatic rings. The molecule has 5 nitrogen and oxygen atoms in total. The van der Waals surface area contributed by atoms with Gasteiger partial charge >= 0.3 is 0 Å². The van der Waals surface area contributed by atoms with Crippen molar-refractivity contribution in [2.45, 2.75) is 24.9 Å². The third kappa shape index (κ3) is 4.32. The van der Waals surface area contributed by atoms with Gasteiger partial charge < -0.3 is 15.0 Å². The van der Waals surface area contributed by atoms with E-state index in [1.165, 1.54) is 0 Å². The van der Waals surface area contributed by atoms with E-state index < -0.39 is 0 Å². The zero-order valence-electron chi connectivity index (χ0n) is 14.0. The molecule has 23 heavy (non-hydrogen) atoms. The van der Waals surface area contributed by atoms with Crippen molar-refractivity contribution in [3.8, 4) is 0 Å². The second-order valence-corrected chi connectivity index (χ2v) is 7.69. The predicted octanol–water partition coefficient (Wildman–Crippen LogP) is 1.52. The van der Waals surface area contributed by atoms with Gasteiger partial charge in [-0.3, -0.25) is 9.69 Å². The maximum Gasteiger partial charge on any atom is 0.252 e. The first-order chi connectivity index (χ1) is 11.1. The number of carbonyl (C=O) groups excluding carboxylic acids is 1. The number of hydrogen-bond acceptors (Lipinski definition) is 5. The molecule has 0 radical (unpaired) electrons. The second-order valence-electron chi connectivity index (χ2n) is 6.91. The van der Waals surface area contributed by atoms with Crippen LogP contribution in [0.25, 0.3) is 0 Å². The van der Waals surface area contributed by atoms with Gasteiger partial charge in [0.1, 0.15) is 0 Å². The van der Waals surface area contributed by atoms with Crippen molar-refractivity contribution >= 4 is 17.2 Å². The maximum absolute atomic E-state index is 12.4. The van der Waals surface area contributed by atoms with E-state index >= 15 is 0 Å². The molecule has 0 aromatic carbocycles. The van der Waals surface area contributed by atoms with Crippen LogP contribution in [0.1, 0.15) is 23.2 Å². The van der Waals surface area contributed by atoms with E-state index in [1.807, 2.05) is 16.8 Å². The summed E-state index contributed by atoms with van der Waals surface area (Å²) >= 11 is 1.57. The molecule has 2 atom stereocenters. The fraction of sp³-hybridized carbons (Fsp3) is 0.706. The molecule has 0 unspecified atom stereocenters. The topological polar surface area (TPSA) is 44.8 Å². The van der Waals surface area contributed by atoms with Gasteiger partial charge in [0.15, 0.2) is 0 Å². The number of ether oxygens (including phenoxy) is 1. The number of amides is 1. The Morgan fingerprint density at radius 1 is 1.39 bits per heavy atom. The fourth-order valence-corrected chi connectivity index (χ4v) is 4.35. The van der Waals surface area contributed by atoms with E-state index in [4.69, 9.17) is 4.74 Å². The molecule has 1 aromatic heterocycles. The van der Waals surface area contributed by atoms with E-state index in [1.54, 1.807) is 11.3 Å². The highest BCUT2D eigenvalue weighted by Gasteiger charge is 2.37. The largest absolute Gasteiger partial charge is 0.381 e. The first kappa shape index (κ1) is 16.9. The van der Waals surface area contributed by atoms with Gasteiger partial charge in [-0.2, -0.15) is 11.3 Å². The SMILES string of the molecule is CN(C)C[C@@H]1CN(C2CCOCC2)C[C@H]1NC(=O)c1ccsc1. The average Bonchev–Trinajstić information content (AvgIpc) is 3.18. The zero-order valence-corrected chi connectivity index (χ0v) is 14.8. The van der Waals surface area contributed by atoms with E-state index in [-0.39, 0.29) is 11.9 Å². The Bertz CT molecular complexity index is 500. The molecule has 128 valence electrons. The summed E-state index contributed by atoms with van der Waals surface area (Å²) in [5.41, 5.74) is 0.781. The third-order valence-corrected chi connectivity index (χ3v) is 5.56. The zero-order chi connectivity index (χ0) is 16.2. The Morgan fingerprint density at radius 2 is 2.17 bits per heavy atom. The van der Waals surface area contributed by atoms with E-state index in [2.05, 4.69) is 29.2 Å². The van der Waals surface area contributed by atoms with Crippen LogP contribution in [0.15, 0.2) is 16.8 Å². The Hall–Kier alpha value is -0.950. The van der Waals surface area contributed by atoms with E-state index in [0.717, 1.165) is 51.3 Å². The molecule has 1 aromatic rings. The lowest BCUT2D eigenvalue weighted by Crippen LogP contribution is -2.44. The summed E-state index contributed by atoms with van der Waals surface area (Å²) in [6, 6.07) is 2.73. The lowest BCUT2D eigenvalue weighted by Gasteiger charge is -2.31. The van der Waals surface area contributed by atoms with Crippen molar-refractivity contribution < 1.29 is 9.53 Å². The Labute approximate surface area is 142 Å². The molecule has 1 N–H and O–H groups in total. The number of nitrogens with zero attached hydrogens (tertiary/aromatic N) is 2. The van der Waals surface area contributed by atoms with Crippen molar-refractivity contribution in [2.24, 2.45) is 5.92 Å². The van der Waals surface area contributed by atoms with Gasteiger partial charge in [0.05, 0.1) is 0 Å². The molecule has 3 rings (SSSR count). The molecule has 2 aliphatic heterocycles. The summed E-state index contributed by atoms with van der Waals surface area (Å²) in [4.78, 5) is 17.2. The average molecular weight is 337 g/mol. The lowest BCUT2D eigenvalue weighted by atomic mass is 10.0. The minimum absolute atomic E-state index is 0.0637. The Balaban J connectivity index is 1.64. The predicted molar refractivity (Wildman–Crippen MR) is 93.0 cm³/mol. The van der Waals surface area contributed by atoms with Crippen LogP contribution in [0.4, 0.5) is 0 Å². The summed E-state index contributed by atoms with van der Waals surface area (Å²) in [5, 5.41) is 7.15. The smallest absolute Gasteiger partial charge is 0.252 e. The normalized spacial score (nSPS) is 26.7. The third-order valence-electron chi connectivity index (χ3n) is 4.88. The molecular weight excluding hydrogens is 310 g/mol. The highest BCUT2D eigenvalue weighted by Crippen LogP contribution is 2.25. The number of rotatable bonds is 5. The Morgan fingerprint density at radius 3 is 2.83 bits per heavy atom. The summed E-state index contributed by atoms with van der Waals surface area (Å²) in [6.07, 6.45) is 2.22. The molecule has 0 spiro atoms. The first-order valence-electron chi connectivity index (χ1n) is 8.43. The molecule has 1 amide bonds. The van der Waals surface area contributed by atoms with Crippen LogP contribution in [0.2, 0.25) is 0 Å². The van der Waals surface area contributed by atoms with Crippen molar-refractivity contribution in [1.82, 2.24) is 15.1 Å². The minimum atomic E-state index is 0.0637.